The lowest BCUT2D eigenvalue weighted by atomic mass is 10.1. The van der Waals surface area contributed by atoms with Crippen molar-refractivity contribution in [1.29, 1.82) is 0 Å². The Morgan fingerprint density at radius 3 is 2.40 bits per heavy atom. The lowest BCUT2D eigenvalue weighted by molar-refractivity contribution is -0.134. The zero-order valence-electron chi connectivity index (χ0n) is 14.5. The van der Waals surface area contributed by atoms with E-state index in [0.29, 0.717) is 32.5 Å². The molecule has 0 aliphatic heterocycles. The third-order valence-corrected chi connectivity index (χ3v) is 4.48. The molecule has 0 spiro atoms. The predicted octanol–water partition coefficient (Wildman–Crippen LogP) is -0.122. The second-order valence-electron chi connectivity index (χ2n) is 5.58. The van der Waals surface area contributed by atoms with Gasteiger partial charge in [0.1, 0.15) is 0 Å². The van der Waals surface area contributed by atoms with Crippen molar-refractivity contribution in [2.45, 2.75) is 24.7 Å². The number of nitrogens with zero attached hydrogens (tertiary/aromatic N) is 1. The zero-order valence-corrected chi connectivity index (χ0v) is 15.3. The smallest absolute Gasteiger partial charge is 0.239 e. The number of benzene rings is 1. The van der Waals surface area contributed by atoms with Crippen LogP contribution in [0.25, 0.3) is 0 Å². The number of rotatable bonds is 10. The molecule has 0 unspecified atom stereocenters. The van der Waals surface area contributed by atoms with Crippen molar-refractivity contribution in [2.24, 2.45) is 5.14 Å². The maximum absolute atomic E-state index is 11.9. The van der Waals surface area contributed by atoms with Crippen molar-refractivity contribution < 1.29 is 22.7 Å². The Kier molecular flexibility index (Phi) is 8.53. The molecule has 2 amide bonds. The molecule has 0 saturated carbocycles. The minimum absolute atomic E-state index is 0.0163. The van der Waals surface area contributed by atoms with Crippen LogP contribution in [0.3, 0.4) is 0 Å². The van der Waals surface area contributed by atoms with Crippen molar-refractivity contribution in [3.8, 4) is 0 Å². The Balaban J connectivity index is 2.52. The molecular weight excluding hydrogens is 346 g/mol. The van der Waals surface area contributed by atoms with Crippen LogP contribution in [0.15, 0.2) is 29.2 Å². The van der Waals surface area contributed by atoms with Crippen molar-refractivity contribution in [2.75, 3.05) is 33.4 Å². The summed E-state index contributed by atoms with van der Waals surface area (Å²) in [4.78, 5) is 25.0. The van der Waals surface area contributed by atoms with Gasteiger partial charge in [-0.2, -0.15) is 0 Å². The highest BCUT2D eigenvalue weighted by atomic mass is 32.2. The molecule has 0 fully saturated rings. The summed E-state index contributed by atoms with van der Waals surface area (Å²) in [6, 6.07) is 6.13. The number of sulfonamides is 1. The number of hydrogen-bond donors (Lipinski definition) is 2. The number of nitrogens with two attached hydrogens (primary N) is 1. The van der Waals surface area contributed by atoms with E-state index in [0.717, 1.165) is 5.56 Å². The Hall–Kier alpha value is -1.97. The van der Waals surface area contributed by atoms with Gasteiger partial charge in [0.2, 0.25) is 21.8 Å². The number of amides is 2. The zero-order chi connectivity index (χ0) is 18.9. The number of carbonyl (C=O) groups is 2. The van der Waals surface area contributed by atoms with Crippen molar-refractivity contribution >= 4 is 21.8 Å². The maximum atomic E-state index is 11.9. The van der Waals surface area contributed by atoms with Crippen LogP contribution in [0.5, 0.6) is 0 Å². The summed E-state index contributed by atoms with van der Waals surface area (Å²) >= 11 is 0. The Bertz CT molecular complexity index is 674. The number of hydrogen-bond acceptors (Lipinski definition) is 5. The molecule has 0 bridgehead atoms. The topological polar surface area (TPSA) is 119 Å². The average Bonchev–Trinajstić information content (AvgIpc) is 2.54. The SMILES string of the molecule is COCCCNC(=O)CN(CCc1ccc(S(N)(=O)=O)cc1)C(C)=O. The quantitative estimate of drug-likeness (QED) is 0.556. The molecule has 0 aliphatic carbocycles. The average molecular weight is 371 g/mol. The molecule has 3 N–H and O–H groups in total. The maximum Gasteiger partial charge on any atom is 0.239 e. The van der Waals surface area contributed by atoms with Gasteiger partial charge in [-0.1, -0.05) is 12.1 Å². The number of ether oxygens (including phenoxy) is 1. The lowest BCUT2D eigenvalue weighted by Gasteiger charge is -2.20. The van der Waals surface area contributed by atoms with Crippen LogP contribution in [0.1, 0.15) is 18.9 Å². The number of primary sulfonamides is 1. The van der Waals surface area contributed by atoms with Gasteiger partial charge >= 0.3 is 0 Å². The summed E-state index contributed by atoms with van der Waals surface area (Å²) < 4.78 is 27.3. The van der Waals surface area contributed by atoms with Crippen LogP contribution in [0.2, 0.25) is 0 Å². The van der Waals surface area contributed by atoms with E-state index in [2.05, 4.69) is 5.32 Å². The van der Waals surface area contributed by atoms with E-state index in [1.807, 2.05) is 0 Å². The van der Waals surface area contributed by atoms with Crippen LogP contribution in [0, 0.1) is 0 Å². The molecule has 8 nitrogen and oxygen atoms in total. The third kappa shape index (κ3) is 8.10. The van der Waals surface area contributed by atoms with Crippen LogP contribution < -0.4 is 10.5 Å². The molecule has 0 radical (unpaired) electrons. The van der Waals surface area contributed by atoms with E-state index >= 15 is 0 Å². The minimum Gasteiger partial charge on any atom is -0.385 e. The molecule has 9 heteroatoms. The molecule has 0 saturated heterocycles. The van der Waals surface area contributed by atoms with Crippen LogP contribution in [-0.2, 0) is 30.8 Å². The first kappa shape index (κ1) is 21.1. The molecule has 1 aromatic rings. The monoisotopic (exact) mass is 371 g/mol. The standard InChI is InChI=1S/C16H25N3O5S/c1-13(20)19(12-16(21)18-9-3-11-24-2)10-8-14-4-6-15(7-5-14)25(17,22)23/h4-7H,3,8-12H2,1-2H3,(H,18,21)(H2,17,22,23). The fourth-order valence-corrected chi connectivity index (χ4v) is 2.65. The molecule has 0 atom stereocenters. The number of methoxy groups -OCH3 is 1. The largest absolute Gasteiger partial charge is 0.385 e. The van der Waals surface area contributed by atoms with E-state index < -0.39 is 10.0 Å². The molecule has 0 aliphatic rings. The fourth-order valence-electron chi connectivity index (χ4n) is 2.13. The van der Waals surface area contributed by atoms with Gasteiger partial charge in [-0.3, -0.25) is 9.59 Å². The summed E-state index contributed by atoms with van der Waals surface area (Å²) in [5.41, 5.74) is 0.846. The summed E-state index contributed by atoms with van der Waals surface area (Å²) in [6.45, 7) is 2.80. The summed E-state index contributed by atoms with van der Waals surface area (Å²) in [5, 5.41) is 7.78. The van der Waals surface area contributed by atoms with E-state index in [9.17, 15) is 18.0 Å². The highest BCUT2D eigenvalue weighted by Crippen LogP contribution is 2.09. The first-order chi connectivity index (χ1) is 11.7. The normalized spacial score (nSPS) is 11.2. The molecule has 1 aromatic carbocycles. The first-order valence-corrected chi connectivity index (χ1v) is 9.41. The molecule has 0 aromatic heterocycles. The number of carbonyl (C=O) groups excluding carboxylic acids is 2. The van der Waals surface area contributed by atoms with Crippen molar-refractivity contribution in [1.82, 2.24) is 10.2 Å². The molecule has 0 heterocycles. The van der Waals surface area contributed by atoms with E-state index in [1.54, 1.807) is 19.2 Å². The molecule has 25 heavy (non-hydrogen) atoms. The summed E-state index contributed by atoms with van der Waals surface area (Å²) in [7, 11) is -2.13. The van der Waals surface area contributed by atoms with Gasteiger partial charge in [-0.25, -0.2) is 13.6 Å². The van der Waals surface area contributed by atoms with Gasteiger partial charge in [0, 0.05) is 33.7 Å². The summed E-state index contributed by atoms with van der Waals surface area (Å²) in [5.74, 6) is -0.427. The number of nitrogens with one attached hydrogen (secondary N) is 1. The van der Waals surface area contributed by atoms with Crippen LogP contribution >= 0.6 is 0 Å². The Morgan fingerprint density at radius 1 is 1.24 bits per heavy atom. The first-order valence-electron chi connectivity index (χ1n) is 7.87. The van der Waals surface area contributed by atoms with Gasteiger partial charge < -0.3 is 15.0 Å². The second-order valence-corrected chi connectivity index (χ2v) is 7.14. The van der Waals surface area contributed by atoms with Gasteiger partial charge in [-0.15, -0.1) is 0 Å². The van der Waals surface area contributed by atoms with E-state index in [-0.39, 0.29) is 23.3 Å². The second kappa shape index (κ2) is 10.1. The Labute approximate surface area is 148 Å². The molecular formula is C16H25N3O5S. The van der Waals surface area contributed by atoms with E-state index in [1.165, 1.54) is 24.0 Å². The minimum atomic E-state index is -3.72. The van der Waals surface area contributed by atoms with Crippen LogP contribution in [-0.4, -0.2) is 58.5 Å². The lowest BCUT2D eigenvalue weighted by Crippen LogP contribution is -2.41. The van der Waals surface area contributed by atoms with Crippen molar-refractivity contribution in [3.05, 3.63) is 29.8 Å². The van der Waals surface area contributed by atoms with Gasteiger partial charge in [0.25, 0.3) is 0 Å². The van der Waals surface area contributed by atoms with Crippen LogP contribution in [0.4, 0.5) is 0 Å². The third-order valence-electron chi connectivity index (χ3n) is 3.55. The molecule has 1 rings (SSSR count). The predicted molar refractivity (Wildman–Crippen MR) is 93.3 cm³/mol. The highest BCUT2D eigenvalue weighted by molar-refractivity contribution is 7.89. The van der Waals surface area contributed by atoms with Gasteiger partial charge in [0.15, 0.2) is 0 Å². The van der Waals surface area contributed by atoms with Gasteiger partial charge in [0.05, 0.1) is 11.4 Å². The van der Waals surface area contributed by atoms with E-state index in [4.69, 9.17) is 9.88 Å². The fraction of sp³-hybridized carbons (Fsp3) is 0.500. The van der Waals surface area contributed by atoms with Crippen molar-refractivity contribution in [3.63, 3.8) is 0 Å². The molecule has 140 valence electrons. The highest BCUT2D eigenvalue weighted by Gasteiger charge is 2.14. The Morgan fingerprint density at radius 2 is 1.88 bits per heavy atom. The van der Waals surface area contributed by atoms with Gasteiger partial charge in [-0.05, 0) is 30.5 Å². The summed E-state index contributed by atoms with van der Waals surface area (Å²) in [6.07, 6.45) is 1.21.